The number of fused-ring (bicyclic) bond motifs is 2. The molecule has 0 spiro atoms. The Bertz CT molecular complexity index is 1020. The number of amides is 1. The van der Waals surface area contributed by atoms with Crippen LogP contribution in [0.2, 0.25) is 0 Å². The first-order valence-corrected chi connectivity index (χ1v) is 8.95. The van der Waals surface area contributed by atoms with Crippen LogP contribution in [0.1, 0.15) is 30.2 Å². The molecule has 1 amide bonds. The number of nitrogens with zero attached hydrogens (tertiary/aromatic N) is 4. The van der Waals surface area contributed by atoms with Crippen LogP contribution < -0.4 is 9.47 Å². The summed E-state index contributed by atoms with van der Waals surface area (Å²) in [5.41, 5.74) is 2.85. The first kappa shape index (κ1) is 17.3. The average molecular weight is 366 g/mol. The summed E-state index contributed by atoms with van der Waals surface area (Å²) >= 11 is 0. The average Bonchev–Trinajstić information content (AvgIpc) is 3.10. The molecule has 0 radical (unpaired) electrons. The van der Waals surface area contributed by atoms with Crippen molar-refractivity contribution in [1.82, 2.24) is 19.7 Å². The lowest BCUT2D eigenvalue weighted by molar-refractivity contribution is 0.0829. The van der Waals surface area contributed by atoms with E-state index in [0.29, 0.717) is 35.9 Å². The smallest absolute Gasteiger partial charge is 0.254 e. The van der Waals surface area contributed by atoms with Gasteiger partial charge in [0.15, 0.2) is 17.1 Å². The summed E-state index contributed by atoms with van der Waals surface area (Å²) in [6.45, 7) is 5.15. The van der Waals surface area contributed by atoms with Crippen LogP contribution >= 0.6 is 0 Å². The molecule has 27 heavy (non-hydrogen) atoms. The van der Waals surface area contributed by atoms with Gasteiger partial charge in [0.1, 0.15) is 13.2 Å². The van der Waals surface area contributed by atoms with Crippen molar-refractivity contribution in [1.29, 1.82) is 0 Å². The van der Waals surface area contributed by atoms with Crippen LogP contribution in [-0.4, -0.2) is 52.9 Å². The Labute approximate surface area is 157 Å². The third-order valence-corrected chi connectivity index (χ3v) is 4.53. The van der Waals surface area contributed by atoms with E-state index in [-0.39, 0.29) is 11.9 Å². The van der Waals surface area contributed by atoms with Crippen molar-refractivity contribution < 1.29 is 14.3 Å². The highest BCUT2D eigenvalue weighted by Gasteiger charge is 2.20. The van der Waals surface area contributed by atoms with E-state index in [4.69, 9.17) is 14.5 Å². The Morgan fingerprint density at radius 2 is 1.89 bits per heavy atom. The number of rotatable bonds is 3. The minimum absolute atomic E-state index is 0.0792. The predicted molar refractivity (Wildman–Crippen MR) is 102 cm³/mol. The number of hydrogen-bond donors (Lipinski definition) is 0. The second-order valence-corrected chi connectivity index (χ2v) is 7.03. The highest BCUT2D eigenvalue weighted by atomic mass is 16.6. The van der Waals surface area contributed by atoms with Crippen molar-refractivity contribution >= 4 is 16.9 Å². The fraction of sp³-hybridized carbons (Fsp3) is 0.350. The summed E-state index contributed by atoms with van der Waals surface area (Å²) < 4.78 is 13.1. The molecule has 0 N–H and O–H groups in total. The van der Waals surface area contributed by atoms with E-state index in [1.807, 2.05) is 42.8 Å². The maximum atomic E-state index is 12.8. The van der Waals surface area contributed by atoms with E-state index < -0.39 is 0 Å². The summed E-state index contributed by atoms with van der Waals surface area (Å²) in [7, 11) is 3.48. The molecular formula is C20H22N4O3. The molecule has 140 valence electrons. The first-order chi connectivity index (χ1) is 13.0. The number of carbonyl (C=O) groups is 1. The van der Waals surface area contributed by atoms with Crippen molar-refractivity contribution in [3.8, 4) is 22.8 Å². The molecule has 2 aromatic heterocycles. The number of benzene rings is 1. The van der Waals surface area contributed by atoms with Gasteiger partial charge in [-0.25, -0.2) is 9.67 Å². The summed E-state index contributed by atoms with van der Waals surface area (Å²) in [5.74, 6) is 1.34. The van der Waals surface area contributed by atoms with Gasteiger partial charge in [-0.15, -0.1) is 0 Å². The van der Waals surface area contributed by atoms with Crippen LogP contribution in [-0.2, 0) is 0 Å². The Morgan fingerprint density at radius 3 is 2.59 bits per heavy atom. The minimum Gasteiger partial charge on any atom is -0.486 e. The zero-order valence-electron chi connectivity index (χ0n) is 15.9. The SMILES string of the molecule is CC(C)n1ncc2c(C(=O)N(C)C)cc(-c3ccc4c(c3)OCCO4)nc21. The lowest BCUT2D eigenvalue weighted by atomic mass is 10.1. The Morgan fingerprint density at radius 1 is 1.15 bits per heavy atom. The highest BCUT2D eigenvalue weighted by Crippen LogP contribution is 2.35. The van der Waals surface area contributed by atoms with Crippen molar-refractivity contribution in [3.63, 3.8) is 0 Å². The molecule has 0 bridgehead atoms. The second-order valence-electron chi connectivity index (χ2n) is 7.03. The van der Waals surface area contributed by atoms with Gasteiger partial charge >= 0.3 is 0 Å². The number of carbonyl (C=O) groups excluding carboxylic acids is 1. The summed E-state index contributed by atoms with van der Waals surface area (Å²) in [5, 5.41) is 5.19. The molecule has 3 heterocycles. The van der Waals surface area contributed by atoms with E-state index in [1.165, 1.54) is 0 Å². The number of aromatic nitrogens is 3. The zero-order chi connectivity index (χ0) is 19.1. The fourth-order valence-corrected chi connectivity index (χ4v) is 3.16. The monoisotopic (exact) mass is 366 g/mol. The van der Waals surface area contributed by atoms with Crippen LogP contribution in [0.3, 0.4) is 0 Å². The first-order valence-electron chi connectivity index (χ1n) is 8.95. The number of ether oxygens (including phenoxy) is 2. The standard InChI is InChI=1S/C20H22N4O3/c1-12(2)24-19-15(11-21-24)14(20(25)23(3)4)10-16(22-19)13-5-6-17-18(9-13)27-8-7-26-17/h5-6,9-12H,7-8H2,1-4H3. The minimum atomic E-state index is -0.0792. The van der Waals surface area contributed by atoms with Crippen molar-refractivity contribution in [2.24, 2.45) is 0 Å². The van der Waals surface area contributed by atoms with Gasteiger partial charge in [-0.1, -0.05) is 0 Å². The molecule has 4 rings (SSSR count). The predicted octanol–water partition coefficient (Wildman–Crippen LogP) is 3.15. The Kier molecular flexibility index (Phi) is 4.22. The molecule has 7 nitrogen and oxygen atoms in total. The quantitative estimate of drug-likeness (QED) is 0.712. The molecule has 0 unspecified atom stereocenters. The largest absolute Gasteiger partial charge is 0.486 e. The number of pyridine rings is 1. The Hall–Kier alpha value is -3.09. The van der Waals surface area contributed by atoms with Crippen LogP contribution in [0, 0.1) is 0 Å². The number of hydrogen-bond acceptors (Lipinski definition) is 5. The maximum Gasteiger partial charge on any atom is 0.254 e. The van der Waals surface area contributed by atoms with Gasteiger partial charge in [-0.05, 0) is 38.1 Å². The maximum absolute atomic E-state index is 12.8. The third kappa shape index (κ3) is 2.99. The lowest BCUT2D eigenvalue weighted by Crippen LogP contribution is -2.22. The second kappa shape index (κ2) is 6.57. The molecule has 3 aromatic rings. The van der Waals surface area contributed by atoms with Gasteiger partial charge in [0.2, 0.25) is 0 Å². The third-order valence-electron chi connectivity index (χ3n) is 4.53. The fourth-order valence-electron chi connectivity index (χ4n) is 3.16. The summed E-state index contributed by atoms with van der Waals surface area (Å²) in [6.07, 6.45) is 1.71. The molecule has 1 aromatic carbocycles. The van der Waals surface area contributed by atoms with Gasteiger partial charge in [-0.2, -0.15) is 5.10 Å². The topological polar surface area (TPSA) is 69.5 Å². The molecule has 0 aliphatic carbocycles. The van der Waals surface area contributed by atoms with Crippen LogP contribution in [0.25, 0.3) is 22.3 Å². The molecule has 7 heteroatoms. The van der Waals surface area contributed by atoms with E-state index in [2.05, 4.69) is 5.10 Å². The molecule has 0 saturated heterocycles. The van der Waals surface area contributed by atoms with Crippen molar-refractivity contribution in [2.45, 2.75) is 19.9 Å². The van der Waals surface area contributed by atoms with E-state index in [0.717, 1.165) is 16.7 Å². The summed E-state index contributed by atoms with van der Waals surface area (Å²) in [6, 6.07) is 7.67. The molecule has 0 fully saturated rings. The van der Waals surface area contributed by atoms with Gasteiger partial charge < -0.3 is 14.4 Å². The van der Waals surface area contributed by atoms with Crippen LogP contribution in [0.15, 0.2) is 30.5 Å². The van der Waals surface area contributed by atoms with Crippen LogP contribution in [0.4, 0.5) is 0 Å². The molecular weight excluding hydrogens is 344 g/mol. The molecule has 1 aliphatic heterocycles. The van der Waals surface area contributed by atoms with E-state index >= 15 is 0 Å². The van der Waals surface area contributed by atoms with E-state index in [9.17, 15) is 4.79 Å². The van der Waals surface area contributed by atoms with Gasteiger partial charge in [-0.3, -0.25) is 4.79 Å². The molecule has 1 aliphatic rings. The van der Waals surface area contributed by atoms with Gasteiger partial charge in [0, 0.05) is 25.7 Å². The van der Waals surface area contributed by atoms with Crippen LogP contribution in [0.5, 0.6) is 11.5 Å². The van der Waals surface area contributed by atoms with E-state index in [1.54, 1.807) is 25.2 Å². The zero-order valence-corrected chi connectivity index (χ0v) is 15.9. The lowest BCUT2D eigenvalue weighted by Gasteiger charge is -2.19. The summed E-state index contributed by atoms with van der Waals surface area (Å²) in [4.78, 5) is 19.1. The van der Waals surface area contributed by atoms with Crippen molar-refractivity contribution in [2.75, 3.05) is 27.3 Å². The normalized spacial score (nSPS) is 13.2. The van der Waals surface area contributed by atoms with Gasteiger partial charge in [0.05, 0.1) is 22.8 Å². The molecule has 0 saturated carbocycles. The Balaban J connectivity index is 1.92. The van der Waals surface area contributed by atoms with Crippen molar-refractivity contribution in [3.05, 3.63) is 36.0 Å². The van der Waals surface area contributed by atoms with Gasteiger partial charge in [0.25, 0.3) is 5.91 Å². The highest BCUT2D eigenvalue weighted by molar-refractivity contribution is 6.06. The molecule has 0 atom stereocenters.